The molecule has 4 aromatic heterocycles. The van der Waals surface area contributed by atoms with Crippen LogP contribution in [0.5, 0.6) is 0 Å². The van der Waals surface area contributed by atoms with E-state index in [0.29, 0.717) is 11.1 Å². The topological polar surface area (TPSA) is 61.4 Å². The number of rotatable bonds is 6. The van der Waals surface area contributed by atoms with Gasteiger partial charge in [0, 0.05) is 50.0 Å². The summed E-state index contributed by atoms with van der Waals surface area (Å²) in [6.07, 6.45) is -18.2. The first-order chi connectivity index (χ1) is 34.2. The fourth-order valence-corrected chi connectivity index (χ4v) is 9.13. The average molecular weight is 989 g/mol. The molecular weight excluding hydrogens is 961 g/mol. The van der Waals surface area contributed by atoms with Crippen LogP contribution in [-0.2, 0) is 24.7 Å². The predicted molar refractivity (Wildman–Crippen MR) is 248 cm³/mol. The lowest BCUT2D eigenvalue weighted by atomic mass is 9.98. The second-order valence-electron chi connectivity index (χ2n) is 16.7. The van der Waals surface area contributed by atoms with Gasteiger partial charge in [-0.1, -0.05) is 72.8 Å². The van der Waals surface area contributed by atoms with Crippen molar-refractivity contribution in [3.05, 3.63) is 192 Å². The summed E-state index contributed by atoms with van der Waals surface area (Å²) >= 11 is 0. The minimum absolute atomic E-state index is 0.0125. The van der Waals surface area contributed by atoms with E-state index < -0.39 is 47.0 Å². The zero-order chi connectivity index (χ0) is 50.5. The van der Waals surface area contributed by atoms with Gasteiger partial charge in [-0.2, -0.15) is 52.7 Å². The molecule has 11 rings (SSSR count). The average Bonchev–Trinajstić information content (AvgIpc) is 3.87. The highest BCUT2D eigenvalue weighted by Crippen LogP contribution is 2.47. The molecule has 0 N–H and O–H groups in total. The van der Waals surface area contributed by atoms with Gasteiger partial charge < -0.3 is 9.13 Å². The van der Waals surface area contributed by atoms with Crippen LogP contribution in [-0.4, -0.2) is 29.1 Å². The maximum absolute atomic E-state index is 14.4. The summed E-state index contributed by atoms with van der Waals surface area (Å²) in [4.78, 5) is 19.5. The Morgan fingerprint density at radius 2 is 0.694 bits per heavy atom. The third kappa shape index (κ3) is 7.92. The van der Waals surface area contributed by atoms with E-state index in [1.165, 1.54) is 27.5 Å². The summed E-state index contributed by atoms with van der Waals surface area (Å²) in [6.45, 7) is 0. The minimum Gasteiger partial charge on any atom is -0.309 e. The van der Waals surface area contributed by atoms with Crippen molar-refractivity contribution in [1.82, 2.24) is 29.1 Å². The Labute approximate surface area is 398 Å². The molecule has 0 radical (unpaired) electrons. The second kappa shape index (κ2) is 16.5. The van der Waals surface area contributed by atoms with Gasteiger partial charge in [-0.3, -0.25) is 4.98 Å². The van der Waals surface area contributed by atoms with Crippen molar-refractivity contribution in [2.24, 2.45) is 0 Å². The van der Waals surface area contributed by atoms with E-state index in [4.69, 9.17) is 19.9 Å². The first kappa shape index (κ1) is 45.9. The van der Waals surface area contributed by atoms with Gasteiger partial charge in [0.1, 0.15) is 0 Å². The predicted octanol–water partition coefficient (Wildman–Crippen LogP) is 16.2. The highest BCUT2D eigenvalue weighted by Gasteiger charge is 2.36. The Kier molecular flexibility index (Phi) is 10.5. The van der Waals surface area contributed by atoms with E-state index in [2.05, 4.69) is 0 Å². The van der Waals surface area contributed by atoms with E-state index in [0.717, 1.165) is 72.8 Å². The summed E-state index contributed by atoms with van der Waals surface area (Å²) in [5.41, 5.74) is -2.68. The van der Waals surface area contributed by atoms with Crippen molar-refractivity contribution in [3.63, 3.8) is 0 Å². The van der Waals surface area contributed by atoms with Crippen molar-refractivity contribution in [2.75, 3.05) is 0 Å². The molecule has 358 valence electrons. The van der Waals surface area contributed by atoms with E-state index in [-0.39, 0.29) is 89.3 Å². The quantitative estimate of drug-likeness (QED) is 0.156. The monoisotopic (exact) mass is 988 g/mol. The summed E-state index contributed by atoms with van der Waals surface area (Å²) in [7, 11) is 0. The molecule has 72 heavy (non-hydrogen) atoms. The number of hydrogen-bond acceptors (Lipinski definition) is 4. The van der Waals surface area contributed by atoms with Crippen molar-refractivity contribution in [2.45, 2.75) is 24.7 Å². The number of pyridine rings is 1. The summed E-state index contributed by atoms with van der Waals surface area (Å²) in [5.74, 6) is 0.427. The lowest BCUT2D eigenvalue weighted by Gasteiger charge is -2.21. The molecule has 0 atom stereocenters. The molecular formula is C54H28F12N6. The Morgan fingerprint density at radius 3 is 1.08 bits per heavy atom. The zero-order valence-electron chi connectivity index (χ0n) is 36.4. The lowest BCUT2D eigenvalue weighted by Crippen LogP contribution is -2.07. The van der Waals surface area contributed by atoms with Crippen LogP contribution in [0.3, 0.4) is 0 Å². The maximum Gasteiger partial charge on any atom is 0.416 e. The minimum atomic E-state index is -4.90. The molecule has 0 saturated heterocycles. The lowest BCUT2D eigenvalue weighted by molar-refractivity contribution is -0.138. The number of aromatic nitrogens is 6. The number of alkyl halides is 12. The molecule has 4 heterocycles. The number of halogens is 12. The Balaban J connectivity index is 1.29. The number of hydrogen-bond donors (Lipinski definition) is 0. The molecule has 0 spiro atoms. The zero-order valence-corrected chi connectivity index (χ0v) is 36.4. The fraction of sp³-hybridized carbons (Fsp3) is 0.0741. The fourth-order valence-electron chi connectivity index (χ4n) is 9.13. The van der Waals surface area contributed by atoms with E-state index in [9.17, 15) is 52.7 Å². The first-order valence-corrected chi connectivity index (χ1v) is 21.7. The molecule has 6 nitrogen and oxygen atoms in total. The summed E-state index contributed by atoms with van der Waals surface area (Å²) < 4.78 is 175. The molecule has 0 aliphatic carbocycles. The van der Waals surface area contributed by atoms with Crippen LogP contribution in [0.2, 0.25) is 0 Å². The maximum atomic E-state index is 14.4. The van der Waals surface area contributed by atoms with Crippen molar-refractivity contribution >= 4 is 43.6 Å². The third-order valence-corrected chi connectivity index (χ3v) is 12.3. The van der Waals surface area contributed by atoms with Gasteiger partial charge in [0.15, 0.2) is 17.5 Å². The number of benzene rings is 7. The molecule has 0 amide bonds. The third-order valence-electron chi connectivity index (χ3n) is 12.3. The molecule has 0 saturated carbocycles. The van der Waals surface area contributed by atoms with Gasteiger partial charge in [0.2, 0.25) is 0 Å². The largest absolute Gasteiger partial charge is 0.416 e. The molecule has 0 aliphatic rings. The Bertz CT molecular complexity index is 3730. The molecule has 7 aromatic carbocycles. The number of fused-ring (bicyclic) bond motifs is 6. The van der Waals surface area contributed by atoms with E-state index >= 15 is 0 Å². The summed E-state index contributed by atoms with van der Waals surface area (Å²) in [5, 5.41) is -0.750. The second-order valence-corrected chi connectivity index (χ2v) is 16.7. The van der Waals surface area contributed by atoms with Crippen LogP contribution >= 0.6 is 0 Å². The van der Waals surface area contributed by atoms with E-state index in [1.54, 1.807) is 78.9 Å². The van der Waals surface area contributed by atoms with Gasteiger partial charge >= 0.3 is 24.7 Å². The molecule has 0 bridgehead atoms. The van der Waals surface area contributed by atoms with Gasteiger partial charge in [-0.25, -0.2) is 15.0 Å². The van der Waals surface area contributed by atoms with Crippen LogP contribution in [0, 0.1) is 0 Å². The van der Waals surface area contributed by atoms with Crippen LogP contribution < -0.4 is 0 Å². The van der Waals surface area contributed by atoms with Crippen LogP contribution in [0.15, 0.2) is 170 Å². The van der Waals surface area contributed by atoms with Crippen LogP contribution in [0.4, 0.5) is 52.7 Å². The van der Waals surface area contributed by atoms with Crippen molar-refractivity contribution < 1.29 is 52.7 Å². The molecule has 18 heteroatoms. The normalized spacial score (nSPS) is 12.7. The van der Waals surface area contributed by atoms with Crippen molar-refractivity contribution in [3.8, 4) is 56.8 Å². The smallest absolute Gasteiger partial charge is 0.309 e. The highest BCUT2D eigenvalue weighted by molar-refractivity contribution is 6.12. The van der Waals surface area contributed by atoms with Crippen LogP contribution in [0.1, 0.15) is 22.3 Å². The van der Waals surface area contributed by atoms with Gasteiger partial charge in [0.05, 0.1) is 61.4 Å². The molecule has 0 unspecified atom stereocenters. The number of nitrogens with zero attached hydrogens (tertiary/aromatic N) is 6. The van der Waals surface area contributed by atoms with E-state index in [1.807, 2.05) is 0 Å². The Morgan fingerprint density at radius 1 is 0.333 bits per heavy atom. The molecule has 0 fully saturated rings. The highest BCUT2D eigenvalue weighted by atomic mass is 19.4. The van der Waals surface area contributed by atoms with Gasteiger partial charge in [-0.15, -0.1) is 0 Å². The Hall–Kier alpha value is -8.54. The SMILES string of the molecule is FC(F)(F)c1ccc2c(c1)c1cc(C(F)(F)F)ccc1n2-c1cccnc1-c1c(-c2nc(-c3ccccc3)nc(-c3ccccc3)n2)cccc1-n1c2ccc(C(F)(F)F)cc2c2cc(C(F)(F)F)ccc21. The van der Waals surface area contributed by atoms with Crippen LogP contribution in [0.25, 0.3) is 100 Å². The molecule has 11 aromatic rings. The first-order valence-electron chi connectivity index (χ1n) is 21.7. The van der Waals surface area contributed by atoms with Gasteiger partial charge in [0.25, 0.3) is 0 Å². The standard InChI is InChI=1S/C54H28F12N6/c55-51(56,57)31-16-20-40-36(25-31)37-26-32(52(58,59)60)17-21-41(37)71(40)44-14-7-13-35(50-69-48(29-9-3-1-4-10-29)68-49(70-50)30-11-5-2-6-12-30)46(44)47-45(15-8-24-67-47)72-42-22-18-33(53(61,62)63)27-38(42)39-28-34(54(64,65)66)19-23-43(39)72/h1-28H. The van der Waals surface area contributed by atoms with Gasteiger partial charge in [-0.05, 0) is 91.0 Å². The summed E-state index contributed by atoms with van der Waals surface area (Å²) in [6, 6.07) is 36.2. The van der Waals surface area contributed by atoms with Crippen molar-refractivity contribution in [1.29, 1.82) is 0 Å². The molecule has 0 aliphatic heterocycles.